The molecule has 3 aromatic carbocycles. The van der Waals surface area contributed by atoms with E-state index in [4.69, 9.17) is 0 Å². The summed E-state index contributed by atoms with van der Waals surface area (Å²) in [5.74, 6) is -0.367. The van der Waals surface area contributed by atoms with Crippen molar-refractivity contribution in [1.82, 2.24) is 4.83 Å². The van der Waals surface area contributed by atoms with Gasteiger partial charge in [0.15, 0.2) is 0 Å². The molecule has 0 aliphatic heterocycles. The molecule has 0 atom stereocenters. The van der Waals surface area contributed by atoms with Crippen LogP contribution < -0.4 is 4.83 Å². The summed E-state index contributed by atoms with van der Waals surface area (Å²) in [6.07, 6.45) is 0. The van der Waals surface area contributed by atoms with Gasteiger partial charge in [-0.3, -0.25) is 4.79 Å². The first-order valence-electron chi connectivity index (χ1n) is 8.29. The lowest BCUT2D eigenvalue weighted by atomic mass is 10.0. The number of Topliss-reactive ketones (excluding diaryl/α,β-unsaturated/α-hetero) is 1. The zero-order valence-electron chi connectivity index (χ0n) is 14.7. The van der Waals surface area contributed by atoms with Crippen LogP contribution in [0.3, 0.4) is 0 Å². The van der Waals surface area contributed by atoms with Crippen LogP contribution in [0, 0.1) is 6.92 Å². The van der Waals surface area contributed by atoms with Crippen LogP contribution in [0.15, 0.2) is 94.9 Å². The number of sulfonamides is 1. The molecule has 0 saturated heterocycles. The van der Waals surface area contributed by atoms with Crippen molar-refractivity contribution in [3.8, 4) is 0 Å². The van der Waals surface area contributed by atoms with E-state index in [0.717, 1.165) is 5.56 Å². The lowest BCUT2D eigenvalue weighted by Gasteiger charge is -2.08. The first-order valence-corrected chi connectivity index (χ1v) is 9.77. The molecule has 3 rings (SSSR count). The molecule has 3 aromatic rings. The Morgan fingerprint density at radius 1 is 0.778 bits per heavy atom. The highest BCUT2D eigenvalue weighted by molar-refractivity contribution is 7.89. The number of aryl methyl sites for hydroxylation is 1. The van der Waals surface area contributed by atoms with Crippen LogP contribution in [-0.2, 0) is 10.0 Å². The fourth-order valence-corrected chi connectivity index (χ4v) is 3.26. The fourth-order valence-electron chi connectivity index (χ4n) is 2.44. The molecular formula is C21H18N2O3S. The Morgan fingerprint density at radius 3 is 1.85 bits per heavy atom. The van der Waals surface area contributed by atoms with E-state index in [2.05, 4.69) is 9.93 Å². The summed E-state index contributed by atoms with van der Waals surface area (Å²) in [4.78, 5) is 15.1. The Balaban J connectivity index is 1.98. The SMILES string of the molecule is Cc1ccc(S(=O)(=O)N/N=C(\C(=O)c2ccccc2)c2ccccc2)cc1. The van der Waals surface area contributed by atoms with E-state index in [1.165, 1.54) is 12.1 Å². The summed E-state index contributed by atoms with van der Waals surface area (Å²) in [7, 11) is -3.89. The van der Waals surface area contributed by atoms with E-state index in [0.29, 0.717) is 11.1 Å². The molecular weight excluding hydrogens is 360 g/mol. The molecule has 0 heterocycles. The maximum Gasteiger partial charge on any atom is 0.276 e. The normalized spacial score (nSPS) is 11.8. The molecule has 5 nitrogen and oxygen atoms in total. The molecule has 0 bridgehead atoms. The Labute approximate surface area is 158 Å². The van der Waals surface area contributed by atoms with Crippen molar-refractivity contribution in [2.75, 3.05) is 0 Å². The first kappa shape index (κ1) is 18.5. The van der Waals surface area contributed by atoms with Crippen LogP contribution in [0.25, 0.3) is 0 Å². The second kappa shape index (κ2) is 7.97. The number of benzene rings is 3. The van der Waals surface area contributed by atoms with Crippen LogP contribution in [0.5, 0.6) is 0 Å². The van der Waals surface area contributed by atoms with Gasteiger partial charge >= 0.3 is 0 Å². The standard InChI is InChI=1S/C21H18N2O3S/c1-16-12-14-19(15-13-16)27(25,26)23-22-20(17-8-4-2-5-9-17)21(24)18-10-6-3-7-11-18/h2-15,23H,1H3/b22-20-. The van der Waals surface area contributed by atoms with Crippen LogP contribution in [0.4, 0.5) is 0 Å². The van der Waals surface area contributed by atoms with Gasteiger partial charge in [0.25, 0.3) is 10.0 Å². The van der Waals surface area contributed by atoms with Crippen molar-refractivity contribution < 1.29 is 13.2 Å². The van der Waals surface area contributed by atoms with E-state index in [9.17, 15) is 13.2 Å². The van der Waals surface area contributed by atoms with E-state index >= 15 is 0 Å². The van der Waals surface area contributed by atoms with Gasteiger partial charge in [0, 0.05) is 11.1 Å². The summed E-state index contributed by atoms with van der Waals surface area (Å²) in [6, 6.07) is 23.7. The van der Waals surface area contributed by atoms with Gasteiger partial charge in [0.05, 0.1) is 4.90 Å². The minimum absolute atomic E-state index is 0.0255. The van der Waals surface area contributed by atoms with Crippen LogP contribution >= 0.6 is 0 Å². The van der Waals surface area contributed by atoms with Gasteiger partial charge in [-0.25, -0.2) is 0 Å². The topological polar surface area (TPSA) is 75.6 Å². The van der Waals surface area contributed by atoms with Crippen molar-refractivity contribution in [3.05, 3.63) is 102 Å². The van der Waals surface area contributed by atoms with E-state index in [-0.39, 0.29) is 16.4 Å². The molecule has 0 fully saturated rings. The van der Waals surface area contributed by atoms with Gasteiger partial charge in [0.2, 0.25) is 5.78 Å². The summed E-state index contributed by atoms with van der Waals surface area (Å²) < 4.78 is 25.0. The van der Waals surface area contributed by atoms with Crippen LogP contribution in [-0.4, -0.2) is 19.9 Å². The number of hydrazone groups is 1. The summed E-state index contributed by atoms with van der Waals surface area (Å²) >= 11 is 0. The highest BCUT2D eigenvalue weighted by Crippen LogP contribution is 2.12. The summed E-state index contributed by atoms with van der Waals surface area (Å²) in [6.45, 7) is 1.87. The van der Waals surface area contributed by atoms with Gasteiger partial charge in [0.1, 0.15) is 5.71 Å². The van der Waals surface area contributed by atoms with Crippen LogP contribution in [0.1, 0.15) is 21.5 Å². The zero-order valence-corrected chi connectivity index (χ0v) is 15.5. The third-order valence-electron chi connectivity index (χ3n) is 3.91. The molecule has 1 N–H and O–H groups in total. The Hall–Kier alpha value is -3.25. The molecule has 136 valence electrons. The Morgan fingerprint density at radius 2 is 1.30 bits per heavy atom. The van der Waals surface area contributed by atoms with E-state index in [1.807, 2.05) is 13.0 Å². The van der Waals surface area contributed by atoms with E-state index in [1.54, 1.807) is 66.7 Å². The molecule has 0 unspecified atom stereocenters. The maximum absolute atomic E-state index is 12.9. The zero-order chi connectivity index (χ0) is 19.3. The molecule has 0 aliphatic rings. The van der Waals surface area contributed by atoms with Gasteiger partial charge in [-0.2, -0.15) is 18.4 Å². The maximum atomic E-state index is 12.9. The summed E-state index contributed by atoms with van der Waals surface area (Å²) in [5.41, 5.74) is 1.92. The molecule has 0 saturated carbocycles. The smallest absolute Gasteiger partial charge is 0.276 e. The third kappa shape index (κ3) is 4.48. The van der Waals surface area contributed by atoms with Crippen molar-refractivity contribution in [1.29, 1.82) is 0 Å². The third-order valence-corrected chi connectivity index (χ3v) is 5.13. The van der Waals surface area contributed by atoms with Gasteiger partial charge in [-0.05, 0) is 19.1 Å². The Kier molecular flexibility index (Phi) is 5.47. The molecule has 0 aromatic heterocycles. The number of hydrogen-bond donors (Lipinski definition) is 1. The average molecular weight is 378 g/mol. The molecule has 27 heavy (non-hydrogen) atoms. The highest BCUT2D eigenvalue weighted by Gasteiger charge is 2.19. The second-order valence-corrected chi connectivity index (χ2v) is 7.59. The monoisotopic (exact) mass is 378 g/mol. The number of carbonyl (C=O) groups is 1. The minimum Gasteiger partial charge on any atom is -0.287 e. The average Bonchev–Trinajstić information content (AvgIpc) is 2.70. The number of hydrogen-bond acceptors (Lipinski definition) is 4. The second-order valence-electron chi connectivity index (χ2n) is 5.93. The quantitative estimate of drug-likeness (QED) is 0.405. The molecule has 0 amide bonds. The predicted octanol–water partition coefficient (Wildman–Crippen LogP) is 3.56. The number of carbonyl (C=O) groups excluding carboxylic acids is 1. The summed E-state index contributed by atoms with van der Waals surface area (Å²) in [5, 5.41) is 3.97. The lowest BCUT2D eigenvalue weighted by molar-refractivity contribution is 0.106. The number of rotatable bonds is 6. The van der Waals surface area contributed by atoms with Crippen LogP contribution in [0.2, 0.25) is 0 Å². The first-order chi connectivity index (χ1) is 13.0. The minimum atomic E-state index is -3.89. The van der Waals surface area contributed by atoms with Crippen molar-refractivity contribution in [3.63, 3.8) is 0 Å². The van der Waals surface area contributed by atoms with Crippen molar-refractivity contribution in [2.45, 2.75) is 11.8 Å². The highest BCUT2D eigenvalue weighted by atomic mass is 32.2. The molecule has 6 heteroatoms. The molecule has 0 radical (unpaired) electrons. The van der Waals surface area contributed by atoms with E-state index < -0.39 is 10.0 Å². The fraction of sp³-hybridized carbons (Fsp3) is 0.0476. The van der Waals surface area contributed by atoms with Gasteiger partial charge in [-0.15, -0.1) is 0 Å². The predicted molar refractivity (Wildman–Crippen MR) is 105 cm³/mol. The molecule has 0 aliphatic carbocycles. The van der Waals surface area contributed by atoms with Gasteiger partial charge in [-0.1, -0.05) is 78.4 Å². The largest absolute Gasteiger partial charge is 0.287 e. The lowest BCUT2D eigenvalue weighted by Crippen LogP contribution is -2.24. The number of nitrogens with zero attached hydrogens (tertiary/aromatic N) is 1. The molecule has 0 spiro atoms. The van der Waals surface area contributed by atoms with Crippen molar-refractivity contribution >= 4 is 21.5 Å². The Bertz CT molecular complexity index is 1060. The number of nitrogens with one attached hydrogen (secondary N) is 1. The number of ketones is 1. The van der Waals surface area contributed by atoms with Crippen molar-refractivity contribution in [2.24, 2.45) is 5.10 Å². The van der Waals surface area contributed by atoms with Gasteiger partial charge < -0.3 is 0 Å².